The van der Waals surface area contributed by atoms with Crippen molar-refractivity contribution in [2.45, 2.75) is 132 Å². The summed E-state index contributed by atoms with van der Waals surface area (Å²) in [6.07, 6.45) is 30.7. The molecule has 0 atom stereocenters. The van der Waals surface area contributed by atoms with E-state index in [1.165, 1.54) is 73.9 Å². The van der Waals surface area contributed by atoms with Crippen LogP contribution in [0.1, 0.15) is 144 Å². The van der Waals surface area contributed by atoms with Crippen LogP contribution in [0.15, 0.2) is 95.1 Å². The highest BCUT2D eigenvalue weighted by molar-refractivity contribution is 5.69. The van der Waals surface area contributed by atoms with Crippen LogP contribution in [-0.4, -0.2) is 46.7 Å². The predicted octanol–water partition coefficient (Wildman–Crippen LogP) is 14.3. The fourth-order valence-corrected chi connectivity index (χ4v) is 8.20. The van der Waals surface area contributed by atoms with E-state index < -0.39 is 0 Å². The van der Waals surface area contributed by atoms with E-state index in [1.807, 2.05) is 0 Å². The molecule has 60 heavy (non-hydrogen) atoms. The first-order valence-corrected chi connectivity index (χ1v) is 22.7. The number of aldehydes is 1. The van der Waals surface area contributed by atoms with Gasteiger partial charge in [0.2, 0.25) is 0 Å². The molecular formula is C54H77N3O3. The number of methoxy groups -OCH3 is 2. The number of benzene rings is 2. The van der Waals surface area contributed by atoms with Crippen LogP contribution in [0.2, 0.25) is 0 Å². The van der Waals surface area contributed by atoms with Crippen LogP contribution in [0.25, 0.3) is 12.2 Å². The second-order valence-corrected chi connectivity index (χ2v) is 18.1. The molecule has 2 aromatic carbocycles. The predicted molar refractivity (Wildman–Crippen MR) is 258 cm³/mol. The van der Waals surface area contributed by atoms with Crippen LogP contribution in [-0.2, 0) is 4.79 Å². The summed E-state index contributed by atoms with van der Waals surface area (Å²) in [5.41, 5.74) is 9.69. The average molecular weight is 816 g/mol. The van der Waals surface area contributed by atoms with Crippen molar-refractivity contribution in [3.05, 3.63) is 106 Å². The van der Waals surface area contributed by atoms with Crippen LogP contribution in [0, 0.1) is 22.2 Å². The van der Waals surface area contributed by atoms with E-state index in [0.29, 0.717) is 0 Å². The second-order valence-electron chi connectivity index (χ2n) is 18.1. The average Bonchev–Trinajstić information content (AvgIpc) is 3.21. The quantitative estimate of drug-likeness (QED) is 0.0710. The Balaban J connectivity index is 0.000000320. The number of allylic oxidation sites excluding steroid dienone is 10. The molecule has 0 radical (unpaired) electrons. The molecule has 0 bridgehead atoms. The zero-order chi connectivity index (χ0) is 44.0. The topological polar surface area (TPSA) is 65.8 Å². The highest BCUT2D eigenvalue weighted by Crippen LogP contribution is 2.40. The van der Waals surface area contributed by atoms with Crippen molar-refractivity contribution in [3.63, 3.8) is 0 Å². The minimum atomic E-state index is 0.163. The maximum Gasteiger partial charge on any atom is 0.143 e. The van der Waals surface area contributed by atoms with Crippen molar-refractivity contribution in [1.82, 2.24) is 0 Å². The Morgan fingerprint density at radius 3 is 1.38 bits per heavy atom. The number of hydrogen-bond acceptors (Lipinski definition) is 6. The number of ether oxygens (including phenoxy) is 2. The Hall–Kier alpha value is -4.76. The molecule has 0 saturated carbocycles. The molecule has 2 aliphatic rings. The van der Waals surface area contributed by atoms with E-state index in [4.69, 9.17) is 14.7 Å². The molecule has 6 heteroatoms. The molecular weight excluding hydrogens is 739 g/mol. The van der Waals surface area contributed by atoms with E-state index in [2.05, 4.69) is 144 Å². The van der Waals surface area contributed by atoms with Gasteiger partial charge in [-0.2, -0.15) is 5.26 Å². The van der Waals surface area contributed by atoms with Crippen LogP contribution in [0.4, 0.5) is 11.4 Å². The minimum absolute atomic E-state index is 0.163. The van der Waals surface area contributed by atoms with Gasteiger partial charge in [0.15, 0.2) is 0 Å². The smallest absolute Gasteiger partial charge is 0.143 e. The van der Waals surface area contributed by atoms with E-state index in [1.54, 1.807) is 26.4 Å². The fourth-order valence-electron chi connectivity index (χ4n) is 8.20. The zero-order valence-corrected chi connectivity index (χ0v) is 39.0. The Morgan fingerprint density at radius 1 is 0.617 bits per heavy atom. The number of carbonyl (C=O) groups is 1. The van der Waals surface area contributed by atoms with Gasteiger partial charge in [-0.1, -0.05) is 118 Å². The third kappa shape index (κ3) is 16.7. The van der Waals surface area contributed by atoms with Gasteiger partial charge in [0.1, 0.15) is 17.8 Å². The van der Waals surface area contributed by atoms with Gasteiger partial charge in [0, 0.05) is 66.9 Å². The molecule has 0 aliphatic heterocycles. The monoisotopic (exact) mass is 816 g/mol. The molecule has 0 saturated heterocycles. The molecule has 0 unspecified atom stereocenters. The van der Waals surface area contributed by atoms with Gasteiger partial charge < -0.3 is 19.3 Å². The summed E-state index contributed by atoms with van der Waals surface area (Å²) < 4.78 is 11.5. The summed E-state index contributed by atoms with van der Waals surface area (Å²) >= 11 is 0. The number of unbranched alkanes of at least 4 members (excludes halogenated alkanes) is 4. The lowest BCUT2D eigenvalue weighted by molar-refractivity contribution is -0.104. The largest absolute Gasteiger partial charge is 0.496 e. The van der Waals surface area contributed by atoms with Gasteiger partial charge in [-0.05, 0) is 115 Å². The summed E-state index contributed by atoms with van der Waals surface area (Å²) in [4.78, 5) is 15.9. The minimum Gasteiger partial charge on any atom is -0.496 e. The van der Waals surface area contributed by atoms with Gasteiger partial charge in [-0.15, -0.1) is 0 Å². The molecule has 0 spiro atoms. The Morgan fingerprint density at radius 2 is 1.02 bits per heavy atom. The number of nitrogens with zero attached hydrogens (tertiary/aromatic N) is 3. The molecule has 0 amide bonds. The summed E-state index contributed by atoms with van der Waals surface area (Å²) in [5, 5.41) is 9.04. The summed E-state index contributed by atoms with van der Waals surface area (Å²) in [5.74, 6) is 1.81. The zero-order valence-electron chi connectivity index (χ0n) is 39.0. The van der Waals surface area contributed by atoms with Crippen molar-refractivity contribution in [2.24, 2.45) is 10.8 Å². The van der Waals surface area contributed by atoms with Crippen molar-refractivity contribution in [1.29, 1.82) is 5.26 Å². The van der Waals surface area contributed by atoms with E-state index in [-0.39, 0.29) is 10.8 Å². The van der Waals surface area contributed by atoms with E-state index in [0.717, 1.165) is 91.9 Å². The summed E-state index contributed by atoms with van der Waals surface area (Å²) in [6.45, 7) is 22.3. The first-order chi connectivity index (χ1) is 28.8. The molecule has 0 fully saturated rings. The number of anilines is 2. The lowest BCUT2D eigenvalue weighted by Crippen LogP contribution is -2.25. The number of rotatable bonds is 21. The van der Waals surface area contributed by atoms with Gasteiger partial charge in [0.25, 0.3) is 0 Å². The van der Waals surface area contributed by atoms with Crippen LogP contribution < -0.4 is 19.3 Å². The Labute approximate surface area is 365 Å². The first kappa shape index (κ1) is 49.6. The maximum absolute atomic E-state index is 10.9. The van der Waals surface area contributed by atoms with Crippen molar-refractivity contribution < 1.29 is 14.3 Å². The van der Waals surface area contributed by atoms with Crippen molar-refractivity contribution >= 4 is 29.8 Å². The summed E-state index contributed by atoms with van der Waals surface area (Å²) in [6, 6.07) is 15.3. The Bertz CT molecular complexity index is 1870. The van der Waals surface area contributed by atoms with Gasteiger partial charge in [-0.3, -0.25) is 4.79 Å². The number of nitriles is 1. The van der Waals surface area contributed by atoms with Crippen molar-refractivity contribution in [2.75, 3.05) is 50.2 Å². The lowest BCUT2D eigenvalue weighted by Gasteiger charge is -2.30. The van der Waals surface area contributed by atoms with E-state index >= 15 is 0 Å². The molecule has 6 nitrogen and oxygen atoms in total. The van der Waals surface area contributed by atoms with Gasteiger partial charge in [-0.25, -0.2) is 0 Å². The molecule has 0 heterocycles. The van der Waals surface area contributed by atoms with Gasteiger partial charge >= 0.3 is 0 Å². The third-order valence-corrected chi connectivity index (χ3v) is 11.2. The third-order valence-electron chi connectivity index (χ3n) is 11.2. The molecule has 2 aromatic rings. The number of carbonyl (C=O) groups excluding carboxylic acids is 1. The van der Waals surface area contributed by atoms with Crippen LogP contribution in [0.3, 0.4) is 0 Å². The van der Waals surface area contributed by atoms with Gasteiger partial charge in [0.05, 0.1) is 20.3 Å². The van der Waals surface area contributed by atoms with Crippen LogP contribution >= 0.6 is 0 Å². The second kappa shape index (κ2) is 25.8. The fraction of sp³-hybridized carbons (Fsp3) is 0.519. The standard InChI is InChI=1S/C27H38N2O.C27H39NO2/c1-6-8-16-29(17-9-7-2)25-13-12-24(26(19-25)30-5)11-10-22-18-23(14-15-28)21-27(3,4)20-22;1-6-8-15-28(16-9-7-2)25-13-12-24(26(19-25)30-5)11-10-22-18-23(14-17-29)21-27(3,4)20-22/h10-14,18-19H,6-9,16-17,20-21H2,1-5H3;10-14,17-19H,6-9,15-16,20-21H2,1-5H3/b2*11-10+,23-14?. The number of hydrogen-bond donors (Lipinski definition) is 0. The SMILES string of the molecule is CCCCN(CCCC)c1ccc(/C=C/C2=CC(=CC#N)CC(C)(C)C2)c(OC)c1.CCCCN(CCCC)c1ccc(/C=C/C2=CC(=CC=O)CC(C)(C)C2)c(OC)c1. The normalized spacial score (nSPS) is 17.1. The first-order valence-electron chi connectivity index (χ1n) is 22.7. The highest BCUT2D eigenvalue weighted by Gasteiger charge is 2.25. The molecule has 2 aliphatic carbocycles. The highest BCUT2D eigenvalue weighted by atomic mass is 16.5. The Kier molecular flexibility index (Phi) is 21.3. The lowest BCUT2D eigenvalue weighted by atomic mass is 9.75. The summed E-state index contributed by atoms with van der Waals surface area (Å²) in [7, 11) is 3.49. The van der Waals surface area contributed by atoms with E-state index in [9.17, 15) is 4.79 Å². The van der Waals surface area contributed by atoms with Crippen LogP contribution in [0.5, 0.6) is 11.5 Å². The maximum atomic E-state index is 10.9. The van der Waals surface area contributed by atoms with Crippen molar-refractivity contribution in [3.8, 4) is 17.6 Å². The molecule has 0 N–H and O–H groups in total. The molecule has 0 aromatic heterocycles. The molecule has 326 valence electrons. The molecule has 4 rings (SSSR count).